The lowest BCUT2D eigenvalue weighted by Gasteiger charge is -2.07. The normalized spacial score (nSPS) is 13.3. The third kappa shape index (κ3) is 3.94. The van der Waals surface area contributed by atoms with Gasteiger partial charge in [0.15, 0.2) is 5.65 Å². The van der Waals surface area contributed by atoms with Gasteiger partial charge < -0.3 is 10.3 Å². The number of carbonyl (C=O) groups is 1. The Bertz CT molecular complexity index is 1810. The van der Waals surface area contributed by atoms with E-state index in [1.54, 1.807) is 18.6 Å². The summed E-state index contributed by atoms with van der Waals surface area (Å²) < 4.78 is 0. The molecule has 7 rings (SSSR count). The first kappa shape index (κ1) is 21.5. The quantitative estimate of drug-likeness (QED) is 0.260. The number of hydrogen-bond donors (Lipinski definition) is 3. The van der Waals surface area contributed by atoms with Crippen molar-refractivity contribution in [3.8, 4) is 33.6 Å². The van der Waals surface area contributed by atoms with Crippen LogP contribution in [0.4, 0.5) is 5.69 Å². The van der Waals surface area contributed by atoms with E-state index in [1.807, 2.05) is 6.07 Å². The van der Waals surface area contributed by atoms with Gasteiger partial charge in [-0.3, -0.25) is 14.9 Å². The molecule has 1 aliphatic carbocycles. The number of carbonyl (C=O) groups excluding carboxylic acids is 1. The highest BCUT2D eigenvalue weighted by Crippen LogP contribution is 2.35. The van der Waals surface area contributed by atoms with E-state index in [0.29, 0.717) is 11.3 Å². The van der Waals surface area contributed by atoms with Gasteiger partial charge >= 0.3 is 0 Å². The van der Waals surface area contributed by atoms with Gasteiger partial charge in [-0.15, -0.1) is 0 Å². The molecule has 0 unspecified atom stereocenters. The highest BCUT2D eigenvalue weighted by atomic mass is 16.2. The van der Waals surface area contributed by atoms with Crippen LogP contribution in [0.2, 0.25) is 0 Å². The molecule has 1 aliphatic rings. The number of aryl methyl sites for hydroxylation is 1. The summed E-state index contributed by atoms with van der Waals surface area (Å²) in [6, 6.07) is 21.0. The van der Waals surface area contributed by atoms with Crippen LogP contribution < -0.4 is 5.32 Å². The Morgan fingerprint density at radius 2 is 1.78 bits per heavy atom. The monoisotopic (exact) mass is 484 g/mol. The zero-order valence-corrected chi connectivity index (χ0v) is 20.2. The number of hydrogen-bond acceptors (Lipinski definition) is 4. The molecule has 3 N–H and O–H groups in total. The Balaban J connectivity index is 1.28. The van der Waals surface area contributed by atoms with E-state index in [1.165, 1.54) is 16.7 Å². The summed E-state index contributed by atoms with van der Waals surface area (Å²) in [6.45, 7) is 2.11. The Morgan fingerprint density at radius 3 is 2.65 bits per heavy atom. The molecule has 0 atom stereocenters. The Morgan fingerprint density at radius 1 is 0.919 bits per heavy atom. The SMILES string of the molecule is Cc1cccc(-c2cccc3[nH]c(-c4[nH]nc5ncc(-c6cncc(NC(=O)C7CC7)c6)cc45)cc23)c1. The van der Waals surface area contributed by atoms with Gasteiger partial charge in [0.25, 0.3) is 0 Å². The first-order valence-corrected chi connectivity index (χ1v) is 12.4. The van der Waals surface area contributed by atoms with Gasteiger partial charge in [-0.1, -0.05) is 42.0 Å². The van der Waals surface area contributed by atoms with Crippen molar-refractivity contribution < 1.29 is 4.79 Å². The minimum absolute atomic E-state index is 0.0634. The van der Waals surface area contributed by atoms with Crippen LogP contribution in [-0.2, 0) is 4.79 Å². The minimum Gasteiger partial charge on any atom is -0.353 e. The molecule has 2 aromatic carbocycles. The summed E-state index contributed by atoms with van der Waals surface area (Å²) in [5, 5.41) is 12.7. The lowest BCUT2D eigenvalue weighted by molar-refractivity contribution is -0.117. The number of fused-ring (bicyclic) bond motifs is 2. The van der Waals surface area contributed by atoms with Gasteiger partial charge in [0.2, 0.25) is 5.91 Å². The van der Waals surface area contributed by atoms with Crippen molar-refractivity contribution in [3.63, 3.8) is 0 Å². The van der Waals surface area contributed by atoms with Crippen molar-refractivity contribution in [3.05, 3.63) is 84.8 Å². The van der Waals surface area contributed by atoms with Crippen LogP contribution in [0.1, 0.15) is 18.4 Å². The largest absolute Gasteiger partial charge is 0.353 e. The molecule has 1 fully saturated rings. The lowest BCUT2D eigenvalue weighted by atomic mass is 10.00. The fraction of sp³-hybridized carbons (Fsp3) is 0.133. The van der Waals surface area contributed by atoms with E-state index in [2.05, 4.69) is 92.0 Å². The second kappa shape index (κ2) is 8.41. The number of aromatic nitrogens is 5. The van der Waals surface area contributed by atoms with Gasteiger partial charge in [-0.25, -0.2) is 4.98 Å². The maximum Gasteiger partial charge on any atom is 0.227 e. The number of pyridine rings is 2. The van der Waals surface area contributed by atoms with Gasteiger partial charge in [0.05, 0.1) is 23.3 Å². The van der Waals surface area contributed by atoms with Crippen LogP contribution in [0.5, 0.6) is 0 Å². The number of nitrogens with one attached hydrogen (secondary N) is 3. The summed E-state index contributed by atoms with van der Waals surface area (Å²) in [4.78, 5) is 24.7. The molecule has 6 aromatic rings. The van der Waals surface area contributed by atoms with Crippen LogP contribution in [0, 0.1) is 12.8 Å². The molecule has 1 amide bonds. The van der Waals surface area contributed by atoms with Crippen molar-refractivity contribution in [2.75, 3.05) is 5.32 Å². The van der Waals surface area contributed by atoms with E-state index in [0.717, 1.165) is 51.6 Å². The highest BCUT2D eigenvalue weighted by molar-refractivity contribution is 6.01. The Hall–Kier alpha value is -4.78. The van der Waals surface area contributed by atoms with Gasteiger partial charge in [-0.2, -0.15) is 5.10 Å². The molecule has 0 radical (unpaired) electrons. The fourth-order valence-electron chi connectivity index (χ4n) is 4.87. The summed E-state index contributed by atoms with van der Waals surface area (Å²) in [6.07, 6.45) is 7.17. The Kier molecular flexibility index (Phi) is 4.89. The molecular formula is C30H24N6O. The predicted octanol–water partition coefficient (Wildman–Crippen LogP) is 6.49. The molecule has 0 aliphatic heterocycles. The van der Waals surface area contributed by atoms with Crippen molar-refractivity contribution in [1.82, 2.24) is 25.1 Å². The maximum atomic E-state index is 12.2. The molecule has 7 heteroatoms. The first-order chi connectivity index (χ1) is 18.1. The molecule has 0 spiro atoms. The van der Waals surface area contributed by atoms with E-state index in [-0.39, 0.29) is 11.8 Å². The zero-order chi connectivity index (χ0) is 24.9. The third-order valence-corrected chi connectivity index (χ3v) is 6.96. The summed E-state index contributed by atoms with van der Waals surface area (Å²) in [5.41, 5.74) is 9.61. The molecule has 37 heavy (non-hydrogen) atoms. The molecule has 1 saturated carbocycles. The van der Waals surface area contributed by atoms with E-state index < -0.39 is 0 Å². The average molecular weight is 485 g/mol. The highest BCUT2D eigenvalue weighted by Gasteiger charge is 2.29. The zero-order valence-electron chi connectivity index (χ0n) is 20.2. The first-order valence-electron chi connectivity index (χ1n) is 12.4. The van der Waals surface area contributed by atoms with Crippen molar-refractivity contribution >= 4 is 33.5 Å². The molecule has 180 valence electrons. The Labute approximate surface area is 213 Å². The molecule has 7 nitrogen and oxygen atoms in total. The van der Waals surface area contributed by atoms with Crippen LogP contribution in [0.3, 0.4) is 0 Å². The minimum atomic E-state index is 0.0634. The number of benzene rings is 2. The van der Waals surface area contributed by atoms with Crippen molar-refractivity contribution in [2.24, 2.45) is 5.92 Å². The number of anilines is 1. The number of nitrogens with zero attached hydrogens (tertiary/aromatic N) is 3. The van der Waals surface area contributed by atoms with E-state index in [9.17, 15) is 4.79 Å². The van der Waals surface area contributed by atoms with E-state index >= 15 is 0 Å². The number of aromatic amines is 2. The maximum absolute atomic E-state index is 12.2. The molecular weight excluding hydrogens is 460 g/mol. The van der Waals surface area contributed by atoms with Crippen molar-refractivity contribution in [1.29, 1.82) is 0 Å². The van der Waals surface area contributed by atoms with Crippen LogP contribution in [-0.4, -0.2) is 31.1 Å². The van der Waals surface area contributed by atoms with Gasteiger partial charge in [-0.05, 0) is 55.2 Å². The smallest absolute Gasteiger partial charge is 0.227 e. The molecule has 0 saturated heterocycles. The van der Waals surface area contributed by atoms with Crippen LogP contribution in [0.15, 0.2) is 79.3 Å². The fourth-order valence-corrected chi connectivity index (χ4v) is 4.87. The number of H-pyrrole nitrogens is 2. The summed E-state index contributed by atoms with van der Waals surface area (Å²) >= 11 is 0. The van der Waals surface area contributed by atoms with Crippen molar-refractivity contribution in [2.45, 2.75) is 19.8 Å². The second-order valence-corrected chi connectivity index (χ2v) is 9.74. The average Bonchev–Trinajstić information content (AvgIpc) is 3.55. The standard InChI is InChI=1S/C30H24N6O/c1-17-4-2-5-19(10-17)23-6-3-7-26-24(23)13-27(34-26)28-25-12-21(15-32-29(25)36-35-28)20-11-22(16-31-14-20)33-30(37)18-8-9-18/h2-7,10-16,18,34H,8-9H2,1H3,(H,33,37)(H,32,35,36). The van der Waals surface area contributed by atoms with Crippen LogP contribution in [0.25, 0.3) is 55.6 Å². The van der Waals surface area contributed by atoms with E-state index in [4.69, 9.17) is 0 Å². The van der Waals surface area contributed by atoms with Gasteiger partial charge in [0, 0.05) is 45.7 Å². The number of amides is 1. The summed E-state index contributed by atoms with van der Waals surface area (Å²) in [7, 11) is 0. The van der Waals surface area contributed by atoms with Gasteiger partial charge in [0.1, 0.15) is 0 Å². The number of rotatable bonds is 5. The second-order valence-electron chi connectivity index (χ2n) is 9.74. The summed E-state index contributed by atoms with van der Waals surface area (Å²) in [5.74, 6) is 0.200. The molecule has 0 bridgehead atoms. The lowest BCUT2D eigenvalue weighted by Crippen LogP contribution is -2.13. The molecule has 4 aromatic heterocycles. The van der Waals surface area contributed by atoms with Crippen LogP contribution >= 0.6 is 0 Å². The molecule has 4 heterocycles. The third-order valence-electron chi connectivity index (χ3n) is 6.96. The predicted molar refractivity (Wildman–Crippen MR) is 146 cm³/mol. The topological polar surface area (TPSA) is 99.3 Å².